The molecule has 3 aromatic rings. The summed E-state index contributed by atoms with van der Waals surface area (Å²) in [6, 6.07) is -20.6. The first-order valence-electron chi connectivity index (χ1n) is 42.0. The lowest BCUT2D eigenvalue weighted by molar-refractivity contribution is -0.146. The second kappa shape index (κ2) is 51.0. The Morgan fingerprint density at radius 2 is 0.885 bits per heavy atom. The minimum atomic E-state index is -1.90. The number of carboxylic acids is 1. The number of nitrogens with two attached hydrogens (primary N) is 2. The summed E-state index contributed by atoms with van der Waals surface area (Å²) >= 11 is 0. The fourth-order valence-corrected chi connectivity index (χ4v) is 13.2. The highest BCUT2D eigenvalue weighted by atomic mass is 16.4. The number of aliphatic hydroxyl groups excluding tert-OH is 3. The van der Waals surface area contributed by atoms with Gasteiger partial charge in [-0.05, 0) is 116 Å². The number of phenols is 1. The third kappa shape index (κ3) is 34.0. The summed E-state index contributed by atoms with van der Waals surface area (Å²) in [5.74, 6) is -20.7. The van der Waals surface area contributed by atoms with E-state index in [1.54, 1.807) is 46.8 Å². The van der Waals surface area contributed by atoms with Gasteiger partial charge in [-0.3, -0.25) is 95.9 Å². The second-order valence-electron chi connectivity index (χ2n) is 33.5. The van der Waals surface area contributed by atoms with E-state index in [2.05, 4.69) is 105 Å². The number of primary amides is 1. The van der Waals surface area contributed by atoms with E-state index in [1.807, 2.05) is 0 Å². The summed E-state index contributed by atoms with van der Waals surface area (Å²) in [6.45, 7) is 17.9. The molecule has 720 valence electrons. The van der Waals surface area contributed by atoms with E-state index in [1.165, 1.54) is 107 Å². The highest BCUT2D eigenvalue weighted by Gasteiger charge is 2.44. The molecule has 0 bridgehead atoms. The molecular weight excluding hydrogens is 1710 g/mol. The number of benzene rings is 1. The topological polar surface area (TPSA) is 751 Å². The lowest BCUT2D eigenvalue weighted by atomic mass is 9.84. The minimum absolute atomic E-state index is 0.00586. The minimum Gasteiger partial charge on any atom is -0.508 e. The third-order valence-corrected chi connectivity index (χ3v) is 20.7. The second-order valence-corrected chi connectivity index (χ2v) is 33.5. The summed E-state index contributed by atoms with van der Waals surface area (Å²) < 4.78 is 0. The van der Waals surface area contributed by atoms with Crippen LogP contribution in [-0.4, -0.2) is 322 Å². The predicted molar refractivity (Wildman–Crippen MR) is 458 cm³/mol. The summed E-state index contributed by atoms with van der Waals surface area (Å²) in [6.07, 6.45) is 2.37. The van der Waals surface area contributed by atoms with Gasteiger partial charge >= 0.3 is 5.97 Å². The number of aliphatic hydroxyl groups is 3. The molecule has 0 spiro atoms. The molecule has 1 fully saturated rings. The average molecular weight is 1840 g/mol. The zero-order valence-electron chi connectivity index (χ0n) is 75.4. The number of aromatic hydroxyl groups is 1. The van der Waals surface area contributed by atoms with Gasteiger partial charge in [0.2, 0.25) is 112 Å². The van der Waals surface area contributed by atoms with Gasteiger partial charge in [-0.1, -0.05) is 60.6 Å². The molecular formula is C81H126N24O25. The van der Waals surface area contributed by atoms with Crippen LogP contribution in [0.3, 0.4) is 0 Å². The van der Waals surface area contributed by atoms with Crippen LogP contribution in [-0.2, 0) is 115 Å². The highest BCUT2D eigenvalue weighted by molar-refractivity contribution is 6.02. The molecule has 49 heteroatoms. The van der Waals surface area contributed by atoms with Gasteiger partial charge in [0.15, 0.2) is 0 Å². The third-order valence-electron chi connectivity index (χ3n) is 20.7. The molecule has 27 N–H and O–H groups in total. The standard InChI is InChI=1S/C81H126N24O25/c1-36(2)59(74(123)95-44(11)80(129)130)101-70(119)52(27-47-29-84-34-87-47)98-66(115)41(8)91-69(118)51(23-24-57(83)110)97-75(124)60(37(3)4)102-71(120)53(28-48-30-85-35-88-48)99-73(122)56-18-17-25-105(56)79(128)55(33-107)100-76(125)61(45(12)108)103-67(116)42(9)93-77(126)62(81(13,14)15)104(16)78(127)43(10)94-65(114)39(6)90-63(112)38(5)89-64(113)40(7)92-72(121)54(32-106)96-58(111)31-86-68(117)50(82)26-46-19-21-49(109)22-20-46/h19-22,29-30,34-45,50-56,59-62,106-109H,17-18,23-28,31-33,82H2,1-16H3,(H2,83,110)(H,84,87)(H,85,88)(H,86,117)(H,89,113)(H,90,112)(H,91,118)(H,92,121)(H,93,126)(H,94,114)(H,95,123)(H,96,111)(H,97,124)(H,98,115)(H,99,122)(H,100,125)(H,101,119)(H,102,120)(H,103,116)(H,129,130)/t38-,39-,40-,41-,42-,43-,44-,45+,50-,51-,52-,53-,54-,55-,56-,59-,60-,61-,62+/m0/s1. The van der Waals surface area contributed by atoms with Crippen molar-refractivity contribution in [2.75, 3.05) is 33.4 Å². The first-order valence-corrected chi connectivity index (χ1v) is 42.0. The molecule has 0 radical (unpaired) electrons. The number of aromatic amines is 2. The van der Waals surface area contributed by atoms with Crippen LogP contribution in [0.15, 0.2) is 49.3 Å². The van der Waals surface area contributed by atoms with Crippen LogP contribution in [0, 0.1) is 17.3 Å². The van der Waals surface area contributed by atoms with Crippen LogP contribution in [0.2, 0.25) is 0 Å². The molecule has 1 aromatic carbocycles. The summed E-state index contributed by atoms with van der Waals surface area (Å²) in [5.41, 5.74) is 11.4. The summed E-state index contributed by atoms with van der Waals surface area (Å²) in [5, 5.41) is 88.8. The number of carbonyl (C=O) groups is 20. The van der Waals surface area contributed by atoms with Crippen molar-refractivity contribution in [3.63, 3.8) is 0 Å². The maximum absolute atomic E-state index is 14.5. The molecule has 2 aromatic heterocycles. The Morgan fingerprint density at radius 3 is 1.33 bits per heavy atom. The van der Waals surface area contributed by atoms with Crippen molar-refractivity contribution in [1.82, 2.24) is 115 Å². The molecule has 0 aliphatic carbocycles. The van der Waals surface area contributed by atoms with Crippen molar-refractivity contribution in [3.8, 4) is 5.75 Å². The quantitative estimate of drug-likeness (QED) is 0.0250. The first-order chi connectivity index (χ1) is 60.7. The van der Waals surface area contributed by atoms with Gasteiger partial charge in [0.25, 0.3) is 0 Å². The normalized spacial score (nSPS) is 16.7. The number of hydrogen-bond donors (Lipinski definition) is 25. The Kier molecular flexibility index (Phi) is 42.8. The number of carboxylic acid groups (broad SMARTS) is 1. The van der Waals surface area contributed by atoms with Gasteiger partial charge in [-0.15, -0.1) is 0 Å². The molecule has 19 atom stereocenters. The molecule has 4 rings (SSSR count). The predicted octanol–water partition coefficient (Wildman–Crippen LogP) is -9.39. The number of carbonyl (C=O) groups excluding carboxylic acids is 19. The largest absolute Gasteiger partial charge is 0.508 e. The van der Waals surface area contributed by atoms with E-state index in [4.69, 9.17) is 11.5 Å². The molecule has 1 saturated heterocycles. The Balaban J connectivity index is 1.37. The zero-order valence-corrected chi connectivity index (χ0v) is 75.4. The van der Waals surface area contributed by atoms with E-state index >= 15 is 0 Å². The number of hydrogen-bond acceptors (Lipinski definition) is 27. The average Bonchev–Trinajstić information content (AvgIpc) is 1.17. The smallest absolute Gasteiger partial charge is 0.325 e. The number of rotatable bonds is 50. The van der Waals surface area contributed by atoms with Crippen LogP contribution in [0.1, 0.15) is 146 Å². The Morgan fingerprint density at radius 1 is 0.485 bits per heavy atom. The number of aliphatic carboxylic acids is 1. The van der Waals surface area contributed by atoms with Gasteiger partial charge in [0.05, 0.1) is 55.9 Å². The maximum atomic E-state index is 14.5. The lowest BCUT2D eigenvalue weighted by Crippen LogP contribution is -2.63. The fraction of sp³-hybridized carbons (Fsp3) is 0.605. The molecule has 1 aliphatic heterocycles. The number of likely N-dealkylation sites (tertiary alicyclic amines) is 1. The van der Waals surface area contributed by atoms with Crippen LogP contribution in [0.4, 0.5) is 0 Å². The summed E-state index contributed by atoms with van der Waals surface area (Å²) in [7, 11) is 1.24. The van der Waals surface area contributed by atoms with Gasteiger partial charge in [0.1, 0.15) is 108 Å². The van der Waals surface area contributed by atoms with Gasteiger partial charge in [0, 0.05) is 45.2 Å². The molecule has 3 heterocycles. The lowest BCUT2D eigenvalue weighted by Gasteiger charge is -2.38. The number of nitrogens with zero attached hydrogens (tertiary/aromatic N) is 4. The number of nitrogens with one attached hydrogen (secondary N) is 18. The maximum Gasteiger partial charge on any atom is 0.325 e. The molecule has 0 unspecified atom stereocenters. The van der Waals surface area contributed by atoms with Gasteiger partial charge < -0.3 is 142 Å². The number of phenolic OH excluding ortho intramolecular Hbond substituents is 1. The van der Waals surface area contributed by atoms with Crippen molar-refractivity contribution < 1.29 is 121 Å². The first kappa shape index (κ1) is 109. The van der Waals surface area contributed by atoms with Crippen LogP contribution in [0.5, 0.6) is 5.75 Å². The van der Waals surface area contributed by atoms with Crippen LogP contribution < -0.4 is 96.5 Å². The van der Waals surface area contributed by atoms with Gasteiger partial charge in [-0.25, -0.2) is 9.97 Å². The SMILES string of the molecule is CC(C)[C@H](NC(=O)[C@H](Cc1c[nH]cn1)NC(=O)[C@H](C)NC(=O)[C@H](CCC(N)=O)NC(=O)[C@@H](NC(=O)[C@H](Cc1c[nH]cn1)NC(=O)[C@@H]1CCCN1C(=O)[C@H](CO)NC(=O)[C@@H](NC(=O)[C@H](C)NC(=O)[C@@H](N(C)C(=O)[C@H](C)NC(=O)[C@H](C)NC(=O)[C@H](C)NC(=O)[C@H](C)NC(=O)[C@H](CO)NC(=O)CNC(=O)[C@@H](N)Cc1ccc(O)cc1)C(C)(C)C)[C@@H](C)O)C(C)C)C(=O)N[C@@H](C)C(=O)O. The number of H-pyrrole nitrogens is 2. The number of likely N-dealkylation sites (N-methyl/N-ethyl adjacent to an activating group) is 1. The monoisotopic (exact) mass is 1830 g/mol. The van der Waals surface area contributed by atoms with E-state index in [9.17, 15) is 121 Å². The number of imidazole rings is 2. The Bertz CT molecular complexity index is 4470. The molecule has 49 nitrogen and oxygen atoms in total. The van der Waals surface area contributed by atoms with Crippen LogP contribution in [0.25, 0.3) is 0 Å². The van der Waals surface area contributed by atoms with Crippen molar-refractivity contribution in [3.05, 3.63) is 66.3 Å². The molecule has 1 aliphatic rings. The van der Waals surface area contributed by atoms with E-state index in [-0.39, 0.29) is 55.8 Å². The Hall–Kier alpha value is -13.3. The molecule has 0 saturated carbocycles. The van der Waals surface area contributed by atoms with Crippen molar-refractivity contribution in [2.45, 2.75) is 264 Å². The fourth-order valence-electron chi connectivity index (χ4n) is 13.2. The van der Waals surface area contributed by atoms with E-state index < -0.39 is 283 Å². The van der Waals surface area contributed by atoms with Crippen molar-refractivity contribution >= 4 is 118 Å². The number of aromatic nitrogens is 4. The summed E-state index contributed by atoms with van der Waals surface area (Å²) in [4.78, 5) is 286. The highest BCUT2D eigenvalue weighted by Crippen LogP contribution is 2.26. The van der Waals surface area contributed by atoms with E-state index in [0.717, 1.165) is 16.7 Å². The van der Waals surface area contributed by atoms with E-state index in [0.29, 0.717) is 5.56 Å². The number of amides is 19. The molecule has 19 amide bonds. The zero-order chi connectivity index (χ0) is 98.2. The molecule has 130 heavy (non-hydrogen) atoms. The van der Waals surface area contributed by atoms with Gasteiger partial charge in [-0.2, -0.15) is 0 Å². The van der Waals surface area contributed by atoms with Crippen LogP contribution >= 0.6 is 0 Å². The Labute approximate surface area is 749 Å². The van der Waals surface area contributed by atoms with Crippen molar-refractivity contribution in [2.24, 2.45) is 28.7 Å². The van der Waals surface area contributed by atoms with Crippen molar-refractivity contribution in [1.29, 1.82) is 0 Å².